The molecule has 0 N–H and O–H groups in total. The molecule has 4 rings (SSSR count). The van der Waals surface area contributed by atoms with Gasteiger partial charge in [-0.1, -0.05) is 65.3 Å². The number of amides is 1. The van der Waals surface area contributed by atoms with E-state index in [9.17, 15) is 4.79 Å². The molecule has 0 fully saturated rings. The number of benzene rings is 3. The molecule has 3 aromatic carbocycles. The number of carbonyl (C=O) groups is 1. The highest BCUT2D eigenvalue weighted by atomic mass is 79.9. The van der Waals surface area contributed by atoms with Crippen LogP contribution in [0.5, 0.6) is 0 Å². The van der Waals surface area contributed by atoms with E-state index < -0.39 is 0 Å². The van der Waals surface area contributed by atoms with E-state index in [-0.39, 0.29) is 16.9 Å². The van der Waals surface area contributed by atoms with E-state index in [0.29, 0.717) is 5.56 Å². The van der Waals surface area contributed by atoms with Crippen LogP contribution in [0.3, 0.4) is 0 Å². The third kappa shape index (κ3) is 3.42. The van der Waals surface area contributed by atoms with Crippen LogP contribution in [-0.2, 0) is 5.41 Å². The molecule has 1 amide bonds. The molecule has 3 aromatic rings. The second kappa shape index (κ2) is 7.14. The number of hydrogen-bond acceptors (Lipinski definition) is 1. The first kappa shape index (κ1) is 19.9. The van der Waals surface area contributed by atoms with Gasteiger partial charge in [-0.2, -0.15) is 0 Å². The highest BCUT2D eigenvalue weighted by Gasteiger charge is 2.47. The fourth-order valence-corrected chi connectivity index (χ4v) is 5.09. The Labute approximate surface area is 181 Å². The Morgan fingerprint density at radius 3 is 2.24 bits per heavy atom. The van der Waals surface area contributed by atoms with Crippen LogP contribution in [0.2, 0.25) is 0 Å². The number of halogens is 1. The van der Waals surface area contributed by atoms with Gasteiger partial charge in [0.05, 0.1) is 0 Å². The summed E-state index contributed by atoms with van der Waals surface area (Å²) >= 11 is 3.46. The predicted octanol–water partition coefficient (Wildman–Crippen LogP) is 6.89. The lowest BCUT2D eigenvalue weighted by atomic mass is 9.65. The molecule has 0 spiro atoms. The van der Waals surface area contributed by atoms with Gasteiger partial charge >= 0.3 is 0 Å². The quantitative estimate of drug-likeness (QED) is 0.418. The molecule has 1 aliphatic heterocycles. The summed E-state index contributed by atoms with van der Waals surface area (Å²) in [6.07, 6.45) is 0.850. The fourth-order valence-electron chi connectivity index (χ4n) is 4.83. The minimum atomic E-state index is -0.338. The molecule has 0 unspecified atom stereocenters. The molecule has 1 heterocycles. The van der Waals surface area contributed by atoms with E-state index in [4.69, 9.17) is 0 Å². The van der Waals surface area contributed by atoms with Crippen molar-refractivity contribution in [3.63, 3.8) is 0 Å². The molecule has 0 saturated carbocycles. The van der Waals surface area contributed by atoms with Gasteiger partial charge in [-0.05, 0) is 74.2 Å². The zero-order valence-electron chi connectivity index (χ0n) is 17.4. The zero-order valence-corrected chi connectivity index (χ0v) is 19.0. The maximum atomic E-state index is 13.7. The Morgan fingerprint density at radius 2 is 1.59 bits per heavy atom. The van der Waals surface area contributed by atoms with Crippen molar-refractivity contribution in [3.05, 3.63) is 99.5 Å². The normalized spacial score (nSPS) is 20.2. The monoisotopic (exact) mass is 447 g/mol. The summed E-state index contributed by atoms with van der Waals surface area (Å²) in [7, 11) is 0. The molecule has 148 valence electrons. The van der Waals surface area contributed by atoms with E-state index >= 15 is 0 Å². The second-order valence-corrected chi connectivity index (χ2v) is 9.77. The lowest BCUT2D eigenvalue weighted by Crippen LogP contribution is -2.55. The lowest BCUT2D eigenvalue weighted by Gasteiger charge is -2.51. The molecular weight excluding hydrogens is 422 g/mol. The largest absolute Gasteiger partial charge is 0.302 e. The highest BCUT2D eigenvalue weighted by molar-refractivity contribution is 9.10. The van der Waals surface area contributed by atoms with Crippen LogP contribution in [0.1, 0.15) is 54.2 Å². The van der Waals surface area contributed by atoms with Gasteiger partial charge in [0, 0.05) is 26.7 Å². The zero-order chi connectivity index (χ0) is 20.8. The molecule has 0 saturated heterocycles. The first-order chi connectivity index (χ1) is 13.7. The van der Waals surface area contributed by atoms with E-state index in [1.165, 1.54) is 11.1 Å². The number of carbonyl (C=O) groups excluding carboxylic acids is 1. The number of aryl methyl sites for hydroxylation is 1. The van der Waals surface area contributed by atoms with Crippen molar-refractivity contribution in [3.8, 4) is 0 Å². The van der Waals surface area contributed by atoms with Gasteiger partial charge in [-0.15, -0.1) is 0 Å². The molecule has 0 aliphatic carbocycles. The Bertz CT molecular complexity index is 1060. The van der Waals surface area contributed by atoms with Crippen molar-refractivity contribution in [2.75, 3.05) is 4.90 Å². The van der Waals surface area contributed by atoms with Crippen LogP contribution in [0.25, 0.3) is 0 Å². The van der Waals surface area contributed by atoms with Gasteiger partial charge in [0.15, 0.2) is 0 Å². The number of rotatable bonds is 2. The van der Waals surface area contributed by atoms with Crippen LogP contribution in [0, 0.1) is 6.92 Å². The van der Waals surface area contributed by atoms with Crippen LogP contribution in [0.15, 0.2) is 77.3 Å². The van der Waals surface area contributed by atoms with Crippen LogP contribution in [-0.4, -0.2) is 11.4 Å². The number of nitrogens with zero attached hydrogens (tertiary/aromatic N) is 1. The molecule has 29 heavy (non-hydrogen) atoms. The van der Waals surface area contributed by atoms with Gasteiger partial charge in [-0.3, -0.25) is 4.79 Å². The molecule has 1 aliphatic rings. The summed E-state index contributed by atoms with van der Waals surface area (Å²) in [6.45, 7) is 8.75. The third-order valence-corrected chi connectivity index (χ3v) is 6.61. The molecule has 0 bridgehead atoms. The summed E-state index contributed by atoms with van der Waals surface area (Å²) in [6, 6.07) is 24.8. The van der Waals surface area contributed by atoms with Crippen molar-refractivity contribution in [2.45, 2.75) is 45.1 Å². The molecule has 0 aromatic heterocycles. The topological polar surface area (TPSA) is 20.3 Å². The number of fused-ring (bicyclic) bond motifs is 1. The lowest BCUT2D eigenvalue weighted by molar-refractivity contribution is 0.0948. The Balaban J connectivity index is 1.91. The van der Waals surface area contributed by atoms with Gasteiger partial charge in [0.2, 0.25) is 0 Å². The molecule has 0 radical (unpaired) electrons. The summed E-state index contributed by atoms with van der Waals surface area (Å²) in [4.78, 5) is 15.7. The van der Waals surface area contributed by atoms with Gasteiger partial charge in [-0.25, -0.2) is 0 Å². The first-order valence-electron chi connectivity index (χ1n) is 9.99. The van der Waals surface area contributed by atoms with Crippen molar-refractivity contribution in [1.29, 1.82) is 0 Å². The first-order valence-corrected chi connectivity index (χ1v) is 10.8. The van der Waals surface area contributed by atoms with Gasteiger partial charge < -0.3 is 4.90 Å². The van der Waals surface area contributed by atoms with Gasteiger partial charge in [0.1, 0.15) is 0 Å². The second-order valence-electron chi connectivity index (χ2n) is 8.86. The molecule has 2 nitrogen and oxygen atoms in total. The third-order valence-electron chi connectivity index (χ3n) is 6.09. The van der Waals surface area contributed by atoms with Crippen LogP contribution in [0.4, 0.5) is 5.69 Å². The standard InChI is InChI=1S/C26H26BrNO/c1-18-10-15-22-23(16-18)28(24(29)19-11-13-21(27)14-12-19)25(2,3)17-26(22,4)20-8-6-5-7-9-20/h5-16H,17H2,1-4H3/t26-/m1/s1. The van der Waals surface area contributed by atoms with Crippen molar-refractivity contribution >= 4 is 27.5 Å². The van der Waals surface area contributed by atoms with Gasteiger partial charge in [0.25, 0.3) is 5.91 Å². The number of anilines is 1. The summed E-state index contributed by atoms with van der Waals surface area (Å²) in [5, 5.41) is 0. The Morgan fingerprint density at radius 1 is 0.931 bits per heavy atom. The van der Waals surface area contributed by atoms with Crippen LogP contribution >= 0.6 is 15.9 Å². The molecule has 3 heteroatoms. The van der Waals surface area contributed by atoms with Crippen molar-refractivity contribution in [2.24, 2.45) is 0 Å². The van der Waals surface area contributed by atoms with E-state index in [1.54, 1.807) is 0 Å². The molecule has 1 atom stereocenters. The highest BCUT2D eigenvalue weighted by Crippen LogP contribution is 2.51. The SMILES string of the molecule is Cc1ccc2c(c1)N(C(=O)c1ccc(Br)cc1)C(C)(C)C[C@]2(C)c1ccccc1. The summed E-state index contributed by atoms with van der Waals surface area (Å²) < 4.78 is 0.972. The van der Waals surface area contributed by atoms with E-state index in [0.717, 1.165) is 22.1 Å². The van der Waals surface area contributed by atoms with E-state index in [1.807, 2.05) is 29.2 Å². The predicted molar refractivity (Wildman–Crippen MR) is 124 cm³/mol. The maximum Gasteiger partial charge on any atom is 0.258 e. The van der Waals surface area contributed by atoms with Crippen molar-refractivity contribution in [1.82, 2.24) is 0 Å². The smallest absolute Gasteiger partial charge is 0.258 e. The average molecular weight is 448 g/mol. The number of hydrogen-bond donors (Lipinski definition) is 0. The maximum absolute atomic E-state index is 13.7. The average Bonchev–Trinajstić information content (AvgIpc) is 2.68. The van der Waals surface area contributed by atoms with E-state index in [2.05, 4.69) is 92.2 Å². The summed E-state index contributed by atoms with van der Waals surface area (Å²) in [5.41, 5.74) is 4.87. The Hall–Kier alpha value is -2.39. The van der Waals surface area contributed by atoms with Crippen LogP contribution < -0.4 is 4.90 Å². The van der Waals surface area contributed by atoms with Crippen molar-refractivity contribution < 1.29 is 4.79 Å². The summed E-state index contributed by atoms with van der Waals surface area (Å²) in [5.74, 6) is 0.0458. The molecular formula is C26H26BrNO. The fraction of sp³-hybridized carbons (Fsp3) is 0.269. The Kier molecular flexibility index (Phi) is 4.90. The minimum absolute atomic E-state index is 0.0458. The minimum Gasteiger partial charge on any atom is -0.302 e.